The molecule has 0 aliphatic heterocycles. The number of benzene rings is 1. The van der Waals surface area contributed by atoms with Crippen molar-refractivity contribution in [3.8, 4) is 0 Å². The molecule has 0 radical (unpaired) electrons. The maximum Gasteiger partial charge on any atom is 0.240 e. The molecule has 0 aromatic heterocycles. The van der Waals surface area contributed by atoms with Crippen LogP contribution in [0, 0.1) is 0 Å². The lowest BCUT2D eigenvalue weighted by molar-refractivity contribution is 0.584. The molecule has 0 spiro atoms. The Bertz CT molecular complexity index is 532. The van der Waals surface area contributed by atoms with Crippen molar-refractivity contribution in [3.63, 3.8) is 0 Å². The fourth-order valence-corrected chi connectivity index (χ4v) is 3.57. The van der Waals surface area contributed by atoms with E-state index >= 15 is 0 Å². The van der Waals surface area contributed by atoms with E-state index in [1.807, 2.05) is 6.26 Å². The number of rotatable bonds is 8. The maximum absolute atomic E-state index is 12.0. The lowest BCUT2D eigenvalue weighted by atomic mass is 10.2. The predicted molar refractivity (Wildman–Crippen MR) is 87.8 cm³/mol. The van der Waals surface area contributed by atoms with Crippen LogP contribution in [-0.2, 0) is 10.0 Å². The number of hydrogen-bond acceptors (Lipinski definition) is 5. The second-order valence-electron chi connectivity index (χ2n) is 4.46. The van der Waals surface area contributed by atoms with E-state index in [0.29, 0.717) is 17.9 Å². The van der Waals surface area contributed by atoms with Crippen LogP contribution >= 0.6 is 11.8 Å². The minimum absolute atomic E-state index is 0.232. The lowest BCUT2D eigenvalue weighted by Gasteiger charge is -2.19. The normalized spacial score (nSPS) is 13.2. The van der Waals surface area contributed by atoms with Crippen molar-refractivity contribution in [3.05, 3.63) is 18.2 Å². The Kier molecular flexibility index (Phi) is 6.64. The molecule has 0 aliphatic rings. The molecule has 7 heteroatoms. The zero-order valence-electron chi connectivity index (χ0n) is 12.1. The van der Waals surface area contributed by atoms with Gasteiger partial charge in [-0.25, -0.2) is 13.1 Å². The first kappa shape index (κ1) is 17.1. The largest absolute Gasteiger partial charge is 0.397 e. The molecular formula is C13H23N3O2S2. The van der Waals surface area contributed by atoms with E-state index in [1.54, 1.807) is 30.8 Å². The average molecular weight is 317 g/mol. The van der Waals surface area contributed by atoms with E-state index in [1.165, 1.54) is 6.07 Å². The van der Waals surface area contributed by atoms with Crippen LogP contribution in [0.5, 0.6) is 0 Å². The third kappa shape index (κ3) is 4.57. The van der Waals surface area contributed by atoms with Crippen molar-refractivity contribution in [2.24, 2.45) is 0 Å². The number of thioether (sulfide) groups is 1. The van der Waals surface area contributed by atoms with Crippen LogP contribution in [0.4, 0.5) is 11.4 Å². The Morgan fingerprint density at radius 3 is 2.60 bits per heavy atom. The fraction of sp³-hybridized carbons (Fsp3) is 0.538. The lowest BCUT2D eigenvalue weighted by Crippen LogP contribution is -2.24. The number of hydrogen-bond donors (Lipinski definition) is 3. The average Bonchev–Trinajstić information content (AvgIpc) is 2.40. The molecule has 0 heterocycles. The summed E-state index contributed by atoms with van der Waals surface area (Å²) >= 11 is 1.74. The molecule has 5 nitrogen and oxygen atoms in total. The van der Waals surface area contributed by atoms with Gasteiger partial charge in [0.2, 0.25) is 10.0 Å². The second-order valence-corrected chi connectivity index (χ2v) is 7.13. The highest BCUT2D eigenvalue weighted by Crippen LogP contribution is 2.24. The molecule has 0 amide bonds. The fourth-order valence-electron chi connectivity index (χ4n) is 1.78. The van der Waals surface area contributed by atoms with Crippen LogP contribution in [0.15, 0.2) is 23.1 Å². The monoisotopic (exact) mass is 317 g/mol. The zero-order chi connectivity index (χ0) is 15.2. The summed E-state index contributed by atoms with van der Waals surface area (Å²) in [6, 6.07) is 5.01. The highest BCUT2D eigenvalue weighted by atomic mass is 32.2. The third-order valence-electron chi connectivity index (χ3n) is 2.89. The Morgan fingerprint density at radius 2 is 2.05 bits per heavy atom. The topological polar surface area (TPSA) is 84.2 Å². The molecule has 0 fully saturated rings. The molecular weight excluding hydrogens is 294 g/mol. The van der Waals surface area contributed by atoms with Crippen molar-refractivity contribution in [1.29, 1.82) is 0 Å². The zero-order valence-corrected chi connectivity index (χ0v) is 13.8. The van der Waals surface area contributed by atoms with Gasteiger partial charge < -0.3 is 11.1 Å². The van der Waals surface area contributed by atoms with E-state index < -0.39 is 10.0 Å². The SMILES string of the molecule is CCNS(=O)(=O)c1ccc(N)c(NC(CC)CSC)c1. The summed E-state index contributed by atoms with van der Waals surface area (Å²) in [5.74, 6) is 0.945. The van der Waals surface area contributed by atoms with Crippen molar-refractivity contribution < 1.29 is 8.42 Å². The highest BCUT2D eigenvalue weighted by Gasteiger charge is 2.15. The first-order valence-corrected chi connectivity index (χ1v) is 9.47. The molecule has 1 unspecified atom stereocenters. The predicted octanol–water partition coefficient (Wildman–Crippen LogP) is 2.12. The molecule has 0 saturated heterocycles. The third-order valence-corrected chi connectivity index (χ3v) is 5.17. The summed E-state index contributed by atoms with van der Waals surface area (Å²) < 4.78 is 26.5. The number of nitrogen functional groups attached to an aromatic ring is 1. The molecule has 0 bridgehead atoms. The van der Waals surface area contributed by atoms with Crippen LogP contribution in [0.2, 0.25) is 0 Å². The Labute approximate surface area is 125 Å². The van der Waals surface area contributed by atoms with E-state index in [-0.39, 0.29) is 10.9 Å². The van der Waals surface area contributed by atoms with E-state index in [4.69, 9.17) is 5.73 Å². The van der Waals surface area contributed by atoms with Gasteiger partial charge in [-0.1, -0.05) is 13.8 Å². The molecule has 20 heavy (non-hydrogen) atoms. The molecule has 1 rings (SSSR count). The van der Waals surface area contributed by atoms with Gasteiger partial charge in [0.1, 0.15) is 0 Å². The van der Waals surface area contributed by atoms with Crippen molar-refractivity contribution in [1.82, 2.24) is 4.72 Å². The molecule has 0 aliphatic carbocycles. The first-order chi connectivity index (χ1) is 9.44. The van der Waals surface area contributed by atoms with Crippen LogP contribution in [0.1, 0.15) is 20.3 Å². The van der Waals surface area contributed by atoms with Gasteiger partial charge in [-0.2, -0.15) is 11.8 Å². The quantitative estimate of drug-likeness (QED) is 0.640. The van der Waals surface area contributed by atoms with Crippen molar-refractivity contribution in [2.45, 2.75) is 31.2 Å². The number of nitrogens with one attached hydrogen (secondary N) is 2. The molecule has 4 N–H and O–H groups in total. The van der Waals surface area contributed by atoms with E-state index in [2.05, 4.69) is 17.0 Å². The summed E-state index contributed by atoms with van der Waals surface area (Å²) in [5, 5.41) is 3.31. The van der Waals surface area contributed by atoms with E-state index in [9.17, 15) is 8.42 Å². The molecule has 1 atom stereocenters. The smallest absolute Gasteiger partial charge is 0.240 e. The minimum Gasteiger partial charge on any atom is -0.397 e. The van der Waals surface area contributed by atoms with E-state index in [0.717, 1.165) is 12.2 Å². The van der Waals surface area contributed by atoms with Crippen LogP contribution < -0.4 is 15.8 Å². The molecule has 0 saturated carbocycles. The summed E-state index contributed by atoms with van der Waals surface area (Å²) in [5.41, 5.74) is 7.15. The van der Waals surface area contributed by atoms with Gasteiger partial charge in [-0.05, 0) is 30.9 Å². The second kappa shape index (κ2) is 7.75. The van der Waals surface area contributed by atoms with Crippen LogP contribution in [0.3, 0.4) is 0 Å². The molecule has 1 aromatic rings. The van der Waals surface area contributed by atoms with Gasteiger partial charge >= 0.3 is 0 Å². The van der Waals surface area contributed by atoms with Crippen LogP contribution in [-0.4, -0.2) is 33.0 Å². The highest BCUT2D eigenvalue weighted by molar-refractivity contribution is 7.98. The number of sulfonamides is 1. The van der Waals surface area contributed by atoms with Crippen molar-refractivity contribution >= 4 is 33.2 Å². The summed E-state index contributed by atoms with van der Waals surface area (Å²) in [7, 11) is -3.46. The Morgan fingerprint density at radius 1 is 1.35 bits per heavy atom. The number of nitrogens with two attached hydrogens (primary N) is 1. The Hall–Kier alpha value is -0.920. The maximum atomic E-state index is 12.0. The molecule has 1 aromatic carbocycles. The van der Waals surface area contributed by atoms with Crippen molar-refractivity contribution in [2.75, 3.05) is 29.6 Å². The Balaban J connectivity index is 3.03. The first-order valence-electron chi connectivity index (χ1n) is 6.59. The van der Waals surface area contributed by atoms with Gasteiger partial charge in [-0.15, -0.1) is 0 Å². The summed E-state index contributed by atoms with van der Waals surface area (Å²) in [6.07, 6.45) is 2.99. The molecule has 114 valence electrons. The number of anilines is 2. The van der Waals surface area contributed by atoms with Gasteiger partial charge in [0.15, 0.2) is 0 Å². The van der Waals surface area contributed by atoms with Gasteiger partial charge in [0.05, 0.1) is 16.3 Å². The van der Waals surface area contributed by atoms with Gasteiger partial charge in [0.25, 0.3) is 0 Å². The standard InChI is InChI=1S/C13H23N3O2S2/c1-4-10(9-19-3)16-13-8-11(6-7-12(13)14)20(17,18)15-5-2/h6-8,10,15-16H,4-5,9,14H2,1-3H3. The summed E-state index contributed by atoms with van der Waals surface area (Å²) in [6.45, 7) is 4.20. The van der Waals surface area contributed by atoms with Gasteiger partial charge in [0, 0.05) is 18.3 Å². The summed E-state index contributed by atoms with van der Waals surface area (Å²) in [4.78, 5) is 0.232. The minimum atomic E-state index is -3.46. The van der Waals surface area contributed by atoms with Crippen LogP contribution in [0.25, 0.3) is 0 Å². The van der Waals surface area contributed by atoms with Gasteiger partial charge in [-0.3, -0.25) is 0 Å².